The van der Waals surface area contributed by atoms with Crippen molar-refractivity contribution >= 4 is 11.9 Å². The minimum atomic E-state index is -2.86. The second kappa shape index (κ2) is 10.6. The Balaban J connectivity index is 2.42. The van der Waals surface area contributed by atoms with Gasteiger partial charge >= 0.3 is 5.97 Å². The Morgan fingerprint density at radius 3 is 2.28 bits per heavy atom. The number of hydrogen-bond donors (Lipinski definition) is 10. The molecule has 2 heterocycles. The van der Waals surface area contributed by atoms with Crippen LogP contribution in [-0.2, 0) is 23.8 Å². The molecule has 0 bridgehead atoms. The monoisotopic (exact) mass is 471 g/mol. The number of aliphatic hydroxyl groups excluding tert-OH is 8. The molecule has 32 heavy (non-hydrogen) atoms. The van der Waals surface area contributed by atoms with Crippen molar-refractivity contribution in [3.63, 3.8) is 0 Å². The second-order valence-corrected chi connectivity index (χ2v) is 7.69. The number of carbonyl (C=O) groups is 2. The van der Waals surface area contributed by atoms with E-state index in [2.05, 4.69) is 5.32 Å². The summed E-state index contributed by atoms with van der Waals surface area (Å²) in [6.45, 7) is -0.741. The van der Waals surface area contributed by atoms with Crippen molar-refractivity contribution in [1.82, 2.24) is 5.32 Å². The van der Waals surface area contributed by atoms with Crippen LogP contribution in [0.1, 0.15) is 13.3 Å². The quantitative estimate of drug-likeness (QED) is 0.158. The summed E-state index contributed by atoms with van der Waals surface area (Å²) >= 11 is 0. The first-order chi connectivity index (χ1) is 14.9. The van der Waals surface area contributed by atoms with Crippen molar-refractivity contribution in [1.29, 1.82) is 0 Å². The Kier molecular flexibility index (Phi) is 8.88. The first kappa shape index (κ1) is 26.7. The molecule has 2 aliphatic heterocycles. The average molecular weight is 471 g/mol. The van der Waals surface area contributed by atoms with Gasteiger partial charge in [0.1, 0.15) is 42.7 Å². The lowest BCUT2D eigenvalue weighted by molar-refractivity contribution is -0.366. The summed E-state index contributed by atoms with van der Waals surface area (Å²) in [5, 5.41) is 91.5. The van der Waals surface area contributed by atoms with Gasteiger partial charge < -0.3 is 65.5 Å². The molecule has 2 saturated heterocycles. The fourth-order valence-corrected chi connectivity index (χ4v) is 3.67. The first-order valence-electron chi connectivity index (χ1n) is 9.70. The molecule has 15 heteroatoms. The minimum Gasteiger partial charge on any atom is -0.477 e. The van der Waals surface area contributed by atoms with Crippen LogP contribution in [0.3, 0.4) is 0 Å². The third-order valence-corrected chi connectivity index (χ3v) is 5.35. The van der Waals surface area contributed by atoms with Crippen LogP contribution < -0.4 is 5.32 Å². The fraction of sp³-hybridized carbons (Fsp3) is 0.882. The number of hydrogen-bond acceptors (Lipinski definition) is 13. The van der Waals surface area contributed by atoms with Crippen molar-refractivity contribution in [2.24, 2.45) is 0 Å². The fourth-order valence-electron chi connectivity index (χ4n) is 3.67. The Morgan fingerprint density at radius 1 is 1.16 bits per heavy atom. The number of rotatable bonds is 8. The number of carboxylic acid groups (broad SMARTS) is 1. The van der Waals surface area contributed by atoms with Gasteiger partial charge in [-0.2, -0.15) is 0 Å². The maximum Gasteiger partial charge on any atom is 0.364 e. The Hall–Kier alpha value is -1.50. The smallest absolute Gasteiger partial charge is 0.364 e. The molecule has 15 nitrogen and oxygen atoms in total. The van der Waals surface area contributed by atoms with Gasteiger partial charge in [-0.15, -0.1) is 0 Å². The van der Waals surface area contributed by atoms with Crippen LogP contribution in [0, 0.1) is 0 Å². The summed E-state index contributed by atoms with van der Waals surface area (Å²) in [4.78, 5) is 23.6. The van der Waals surface area contributed by atoms with E-state index >= 15 is 0 Å². The number of amides is 1. The molecular weight excluding hydrogens is 442 g/mol. The van der Waals surface area contributed by atoms with E-state index in [1.807, 2.05) is 0 Å². The van der Waals surface area contributed by atoms with Gasteiger partial charge in [0.25, 0.3) is 5.79 Å². The Morgan fingerprint density at radius 2 is 1.78 bits per heavy atom. The standard InChI is InChI=1S/C17H29NO14/c1-5(21)18-9-6(22)2-17(16(28)29,31-13(9)10(24)7(23)3-19)32-14-11(25)8(4-20)30-15(27)12(14)26/h6-15,19-20,22-27H,2-4H2,1H3,(H,18,21)(H,28,29)/t6-,7-,8+,9+,10+,11+,12+,13+,14?,15+,17+/m0/s1. The molecule has 2 fully saturated rings. The number of carboxylic acids is 1. The zero-order valence-corrected chi connectivity index (χ0v) is 17.0. The molecule has 0 aromatic carbocycles. The van der Waals surface area contributed by atoms with Crippen molar-refractivity contribution in [3.05, 3.63) is 0 Å². The summed E-state index contributed by atoms with van der Waals surface area (Å²) < 4.78 is 15.5. The minimum absolute atomic E-state index is 0.693. The van der Waals surface area contributed by atoms with E-state index in [-0.39, 0.29) is 0 Å². The lowest BCUT2D eigenvalue weighted by Gasteiger charge is -2.49. The SMILES string of the molecule is CC(=O)N[C@H]1[C@H]([C@H](O)[C@@H](O)CO)O[C@](OC2[C@@H](O)[C@H](O)O[C@H](CO)[C@H]2O)(C(=O)O)C[C@@H]1O. The van der Waals surface area contributed by atoms with Crippen LogP contribution in [0.5, 0.6) is 0 Å². The molecular formula is C17H29NO14. The third kappa shape index (κ3) is 5.35. The summed E-state index contributed by atoms with van der Waals surface area (Å²) in [6.07, 6.45) is -17.6. The highest BCUT2D eigenvalue weighted by Gasteiger charge is 2.59. The molecule has 0 radical (unpaired) electrons. The molecule has 2 rings (SSSR count). The van der Waals surface area contributed by atoms with Gasteiger partial charge in [-0.3, -0.25) is 4.79 Å². The number of nitrogens with one attached hydrogen (secondary N) is 1. The summed E-state index contributed by atoms with van der Waals surface area (Å²) in [7, 11) is 0. The van der Waals surface area contributed by atoms with Gasteiger partial charge in [0.15, 0.2) is 6.29 Å². The molecule has 0 spiro atoms. The molecule has 0 aliphatic carbocycles. The highest BCUT2D eigenvalue weighted by Crippen LogP contribution is 2.37. The molecule has 0 aromatic rings. The Bertz CT molecular complexity index is 665. The van der Waals surface area contributed by atoms with Crippen LogP contribution in [0.4, 0.5) is 0 Å². The number of aliphatic carboxylic acids is 1. The van der Waals surface area contributed by atoms with Crippen molar-refractivity contribution < 1.29 is 69.8 Å². The van der Waals surface area contributed by atoms with E-state index in [1.54, 1.807) is 0 Å². The van der Waals surface area contributed by atoms with Gasteiger partial charge in [0, 0.05) is 13.3 Å². The highest BCUT2D eigenvalue weighted by atomic mass is 16.7. The Labute approximate surface area is 181 Å². The first-order valence-corrected chi connectivity index (χ1v) is 9.70. The summed E-state index contributed by atoms with van der Waals surface area (Å²) in [5.41, 5.74) is 0. The van der Waals surface area contributed by atoms with Gasteiger partial charge in [0.05, 0.1) is 25.4 Å². The van der Waals surface area contributed by atoms with E-state index in [0.717, 1.165) is 6.92 Å². The predicted octanol–water partition coefficient (Wildman–Crippen LogP) is -6.05. The normalized spacial score (nSPS) is 42.2. The van der Waals surface area contributed by atoms with Gasteiger partial charge in [-0.25, -0.2) is 4.79 Å². The zero-order valence-electron chi connectivity index (χ0n) is 17.0. The second-order valence-electron chi connectivity index (χ2n) is 7.69. The van der Waals surface area contributed by atoms with Crippen molar-refractivity contribution in [3.8, 4) is 0 Å². The lowest BCUT2D eigenvalue weighted by Crippen LogP contribution is -2.70. The highest BCUT2D eigenvalue weighted by molar-refractivity contribution is 5.76. The van der Waals surface area contributed by atoms with E-state index in [1.165, 1.54) is 0 Å². The van der Waals surface area contributed by atoms with Crippen molar-refractivity contribution in [2.45, 2.75) is 80.3 Å². The predicted molar refractivity (Wildman–Crippen MR) is 97.4 cm³/mol. The van der Waals surface area contributed by atoms with Gasteiger partial charge in [0.2, 0.25) is 5.91 Å². The van der Waals surface area contributed by atoms with Gasteiger partial charge in [-0.05, 0) is 0 Å². The molecule has 10 N–H and O–H groups in total. The van der Waals surface area contributed by atoms with Crippen LogP contribution in [0.25, 0.3) is 0 Å². The molecule has 1 amide bonds. The van der Waals surface area contributed by atoms with Crippen LogP contribution in [0.15, 0.2) is 0 Å². The average Bonchev–Trinajstić information content (AvgIpc) is 2.73. The van der Waals surface area contributed by atoms with E-state index in [4.69, 9.17) is 19.3 Å². The maximum absolute atomic E-state index is 12.1. The third-order valence-electron chi connectivity index (χ3n) is 5.35. The van der Waals surface area contributed by atoms with E-state index < -0.39 is 98.5 Å². The lowest BCUT2D eigenvalue weighted by atomic mass is 9.88. The van der Waals surface area contributed by atoms with E-state index in [0.29, 0.717) is 0 Å². The number of carbonyl (C=O) groups excluding carboxylic acids is 1. The van der Waals surface area contributed by atoms with Crippen LogP contribution in [-0.4, -0.2) is 138 Å². The van der Waals surface area contributed by atoms with Gasteiger partial charge in [-0.1, -0.05) is 0 Å². The largest absolute Gasteiger partial charge is 0.477 e. The van der Waals surface area contributed by atoms with Crippen LogP contribution >= 0.6 is 0 Å². The summed E-state index contributed by atoms with van der Waals surface area (Å²) in [5.74, 6) is -5.44. The molecule has 0 aromatic heterocycles. The topological polar surface area (TPSA) is 256 Å². The number of aliphatic hydroxyl groups is 8. The molecule has 0 saturated carbocycles. The molecule has 11 atom stereocenters. The molecule has 1 unspecified atom stereocenters. The molecule has 186 valence electrons. The molecule has 2 aliphatic rings. The maximum atomic E-state index is 12.1. The zero-order chi connectivity index (χ0) is 24.4. The summed E-state index contributed by atoms with van der Waals surface area (Å²) in [6, 6.07) is -1.44. The van der Waals surface area contributed by atoms with Crippen molar-refractivity contribution in [2.75, 3.05) is 13.2 Å². The van der Waals surface area contributed by atoms with Crippen LogP contribution in [0.2, 0.25) is 0 Å². The van der Waals surface area contributed by atoms with E-state index in [9.17, 15) is 50.4 Å². The number of ether oxygens (including phenoxy) is 3.